The fraction of sp³-hybridized carbons (Fsp3) is 0.0870. The predicted octanol–water partition coefficient (Wildman–Crippen LogP) is 4.31. The standard InChI is InChI=1S/C23H20N4O2/c1-29-19-10-7-16(8-11-19)14-26-23(28)18-9-12-21(25-15-18)27-20-6-2-4-17-5-3-13-24-22(17)20/h2-13,15H,14H2,1H3,(H,25,27)(H,26,28). The number of carbonyl (C=O) groups is 1. The maximum absolute atomic E-state index is 12.4. The minimum Gasteiger partial charge on any atom is -0.497 e. The van der Waals surface area contributed by atoms with Crippen LogP contribution in [0.15, 0.2) is 79.1 Å². The first-order valence-electron chi connectivity index (χ1n) is 9.21. The summed E-state index contributed by atoms with van der Waals surface area (Å²) in [5.74, 6) is 1.26. The highest BCUT2D eigenvalue weighted by Gasteiger charge is 2.08. The lowest BCUT2D eigenvalue weighted by Crippen LogP contribution is -2.22. The van der Waals surface area contributed by atoms with Crippen molar-refractivity contribution in [3.8, 4) is 5.75 Å². The number of benzene rings is 2. The highest BCUT2D eigenvalue weighted by molar-refractivity contribution is 5.94. The van der Waals surface area contributed by atoms with Gasteiger partial charge in [-0.05, 0) is 42.0 Å². The highest BCUT2D eigenvalue weighted by Crippen LogP contribution is 2.23. The zero-order valence-electron chi connectivity index (χ0n) is 15.9. The summed E-state index contributed by atoms with van der Waals surface area (Å²) in [6.45, 7) is 0.435. The monoisotopic (exact) mass is 384 g/mol. The Bertz CT molecular complexity index is 1120. The molecule has 6 nitrogen and oxygen atoms in total. The van der Waals surface area contributed by atoms with E-state index in [9.17, 15) is 4.79 Å². The van der Waals surface area contributed by atoms with Crippen LogP contribution in [-0.4, -0.2) is 23.0 Å². The van der Waals surface area contributed by atoms with E-state index in [0.717, 1.165) is 27.9 Å². The second-order valence-electron chi connectivity index (χ2n) is 6.47. The SMILES string of the molecule is COc1ccc(CNC(=O)c2ccc(Nc3cccc4cccnc34)nc2)cc1. The van der Waals surface area contributed by atoms with Crippen molar-refractivity contribution in [3.63, 3.8) is 0 Å². The Hall–Kier alpha value is -3.93. The molecule has 0 atom stereocenters. The van der Waals surface area contributed by atoms with E-state index in [1.165, 1.54) is 0 Å². The van der Waals surface area contributed by atoms with Gasteiger partial charge >= 0.3 is 0 Å². The van der Waals surface area contributed by atoms with E-state index in [4.69, 9.17) is 4.74 Å². The van der Waals surface area contributed by atoms with Crippen LogP contribution in [0.2, 0.25) is 0 Å². The van der Waals surface area contributed by atoms with Crippen molar-refractivity contribution >= 4 is 28.3 Å². The van der Waals surface area contributed by atoms with E-state index in [-0.39, 0.29) is 5.91 Å². The number of aromatic nitrogens is 2. The van der Waals surface area contributed by atoms with Crippen LogP contribution in [-0.2, 0) is 6.54 Å². The average molecular weight is 384 g/mol. The van der Waals surface area contributed by atoms with E-state index >= 15 is 0 Å². The van der Waals surface area contributed by atoms with Gasteiger partial charge in [0.2, 0.25) is 0 Å². The Balaban J connectivity index is 1.41. The Morgan fingerprint density at radius 3 is 2.55 bits per heavy atom. The van der Waals surface area contributed by atoms with Crippen molar-refractivity contribution in [2.24, 2.45) is 0 Å². The number of anilines is 2. The van der Waals surface area contributed by atoms with Gasteiger partial charge in [-0.3, -0.25) is 9.78 Å². The largest absolute Gasteiger partial charge is 0.497 e. The van der Waals surface area contributed by atoms with Crippen LogP contribution in [0, 0.1) is 0 Å². The third-order valence-electron chi connectivity index (χ3n) is 4.53. The van der Waals surface area contributed by atoms with E-state index in [1.807, 2.05) is 54.6 Å². The third kappa shape index (κ3) is 4.32. The van der Waals surface area contributed by atoms with Crippen LogP contribution in [0.4, 0.5) is 11.5 Å². The number of nitrogens with one attached hydrogen (secondary N) is 2. The summed E-state index contributed by atoms with van der Waals surface area (Å²) in [5, 5.41) is 7.21. The number of carbonyl (C=O) groups excluding carboxylic acids is 1. The quantitative estimate of drug-likeness (QED) is 0.518. The molecule has 0 saturated carbocycles. The lowest BCUT2D eigenvalue weighted by atomic mass is 10.2. The molecule has 0 aliphatic heterocycles. The number of hydrogen-bond acceptors (Lipinski definition) is 5. The summed E-state index contributed by atoms with van der Waals surface area (Å²) in [7, 11) is 1.62. The molecule has 2 aromatic carbocycles. The van der Waals surface area contributed by atoms with Gasteiger partial charge in [0.05, 0.1) is 23.9 Å². The van der Waals surface area contributed by atoms with Crippen LogP contribution in [0.3, 0.4) is 0 Å². The van der Waals surface area contributed by atoms with Crippen LogP contribution in [0.25, 0.3) is 10.9 Å². The molecule has 0 radical (unpaired) electrons. The van der Waals surface area contributed by atoms with E-state index in [2.05, 4.69) is 20.6 Å². The summed E-state index contributed by atoms with van der Waals surface area (Å²) in [6, 6.07) is 20.9. The van der Waals surface area contributed by atoms with Crippen molar-refractivity contribution in [2.45, 2.75) is 6.54 Å². The molecule has 0 bridgehead atoms. The second-order valence-corrected chi connectivity index (χ2v) is 6.47. The summed E-state index contributed by atoms with van der Waals surface area (Å²) in [5.41, 5.74) is 3.24. The van der Waals surface area contributed by atoms with Crippen molar-refractivity contribution < 1.29 is 9.53 Å². The Kier molecular flexibility index (Phi) is 5.33. The minimum atomic E-state index is -0.174. The molecule has 144 valence electrons. The number of ether oxygens (including phenoxy) is 1. The highest BCUT2D eigenvalue weighted by atomic mass is 16.5. The topological polar surface area (TPSA) is 76.1 Å². The molecule has 29 heavy (non-hydrogen) atoms. The molecule has 0 spiro atoms. The predicted molar refractivity (Wildman–Crippen MR) is 113 cm³/mol. The molecule has 0 saturated heterocycles. The first-order chi connectivity index (χ1) is 14.2. The first kappa shape index (κ1) is 18.4. The number of hydrogen-bond donors (Lipinski definition) is 2. The van der Waals surface area contributed by atoms with Crippen molar-refractivity contribution in [1.29, 1.82) is 0 Å². The Morgan fingerprint density at radius 1 is 0.966 bits per heavy atom. The number of nitrogens with zero attached hydrogens (tertiary/aromatic N) is 2. The lowest BCUT2D eigenvalue weighted by molar-refractivity contribution is 0.0950. The van der Waals surface area contributed by atoms with Gasteiger partial charge in [0, 0.05) is 24.3 Å². The van der Waals surface area contributed by atoms with Crippen molar-refractivity contribution in [3.05, 3.63) is 90.3 Å². The molecule has 6 heteroatoms. The minimum absolute atomic E-state index is 0.174. The van der Waals surface area contributed by atoms with Gasteiger partial charge in [-0.25, -0.2) is 4.98 Å². The van der Waals surface area contributed by atoms with Gasteiger partial charge in [-0.15, -0.1) is 0 Å². The van der Waals surface area contributed by atoms with Gasteiger partial charge in [-0.1, -0.05) is 30.3 Å². The smallest absolute Gasteiger partial charge is 0.253 e. The van der Waals surface area contributed by atoms with Crippen LogP contribution in [0.5, 0.6) is 5.75 Å². The molecule has 0 aliphatic carbocycles. The molecule has 1 amide bonds. The van der Waals surface area contributed by atoms with E-state index < -0.39 is 0 Å². The zero-order chi connectivity index (χ0) is 20.1. The summed E-state index contributed by atoms with van der Waals surface area (Å²) < 4.78 is 5.14. The van der Waals surface area contributed by atoms with Gasteiger partial charge in [0.25, 0.3) is 5.91 Å². The molecular weight excluding hydrogens is 364 g/mol. The fourth-order valence-corrected chi connectivity index (χ4v) is 2.97. The Labute approximate surface area is 168 Å². The van der Waals surface area contributed by atoms with Gasteiger partial charge in [-0.2, -0.15) is 0 Å². The number of para-hydroxylation sites is 1. The summed E-state index contributed by atoms with van der Waals surface area (Å²) in [6.07, 6.45) is 3.32. The molecule has 2 heterocycles. The number of amides is 1. The average Bonchev–Trinajstić information content (AvgIpc) is 2.78. The molecule has 0 aliphatic rings. The third-order valence-corrected chi connectivity index (χ3v) is 4.53. The number of fused-ring (bicyclic) bond motifs is 1. The molecule has 0 fully saturated rings. The molecule has 4 rings (SSSR count). The van der Waals surface area contributed by atoms with Crippen molar-refractivity contribution in [2.75, 3.05) is 12.4 Å². The van der Waals surface area contributed by atoms with Gasteiger partial charge in [0.15, 0.2) is 0 Å². The maximum Gasteiger partial charge on any atom is 0.253 e. The van der Waals surface area contributed by atoms with Crippen LogP contribution in [0.1, 0.15) is 15.9 Å². The molecule has 4 aromatic rings. The number of pyridine rings is 2. The fourth-order valence-electron chi connectivity index (χ4n) is 2.97. The summed E-state index contributed by atoms with van der Waals surface area (Å²) in [4.78, 5) is 21.2. The molecular formula is C23H20N4O2. The van der Waals surface area contributed by atoms with Crippen LogP contribution < -0.4 is 15.4 Å². The number of methoxy groups -OCH3 is 1. The van der Waals surface area contributed by atoms with Crippen LogP contribution >= 0.6 is 0 Å². The Morgan fingerprint density at radius 2 is 1.79 bits per heavy atom. The van der Waals surface area contributed by atoms with E-state index in [0.29, 0.717) is 17.9 Å². The molecule has 0 unspecified atom stereocenters. The van der Waals surface area contributed by atoms with Crippen molar-refractivity contribution in [1.82, 2.24) is 15.3 Å². The lowest BCUT2D eigenvalue weighted by Gasteiger charge is -2.09. The van der Waals surface area contributed by atoms with Gasteiger partial charge in [0.1, 0.15) is 11.6 Å². The summed E-state index contributed by atoms with van der Waals surface area (Å²) >= 11 is 0. The van der Waals surface area contributed by atoms with Gasteiger partial charge < -0.3 is 15.4 Å². The normalized spacial score (nSPS) is 10.5. The number of rotatable bonds is 6. The second kappa shape index (κ2) is 8.39. The maximum atomic E-state index is 12.4. The molecule has 2 aromatic heterocycles. The van der Waals surface area contributed by atoms with E-state index in [1.54, 1.807) is 31.6 Å². The zero-order valence-corrected chi connectivity index (χ0v) is 15.9. The first-order valence-corrected chi connectivity index (χ1v) is 9.21. The molecule has 2 N–H and O–H groups in total.